The molecule has 1 N–H and O–H groups in total. The number of carbonyl (C=O) groups excluding carboxylic acids is 1. The Morgan fingerprint density at radius 3 is 2.57 bits per heavy atom. The van der Waals surface area contributed by atoms with Crippen LogP contribution in [0.2, 0.25) is 0 Å². The number of amides is 1. The number of rotatable bonds is 2. The molecular weight excluding hydrogens is 262 g/mol. The minimum Gasteiger partial charge on any atom is -0.391 e. The summed E-state index contributed by atoms with van der Waals surface area (Å²) in [6.45, 7) is 0. The van der Waals surface area contributed by atoms with Crippen molar-refractivity contribution in [1.29, 1.82) is 0 Å². The van der Waals surface area contributed by atoms with E-state index in [1.165, 1.54) is 24.0 Å². The number of aliphatic hydroxyl groups excluding tert-OH is 1. The lowest BCUT2D eigenvalue weighted by Crippen LogP contribution is -2.46. The fourth-order valence-corrected chi connectivity index (χ4v) is 3.76. The summed E-state index contributed by atoms with van der Waals surface area (Å²) >= 11 is 0. The lowest BCUT2D eigenvalue weighted by Gasteiger charge is -2.35. The molecule has 0 aromatic heterocycles. The van der Waals surface area contributed by atoms with Crippen molar-refractivity contribution in [3.05, 3.63) is 34.9 Å². The number of aryl methyl sites for hydroxylation is 2. The van der Waals surface area contributed by atoms with E-state index >= 15 is 0 Å². The Labute approximate surface area is 127 Å². The van der Waals surface area contributed by atoms with Crippen molar-refractivity contribution in [2.75, 3.05) is 7.05 Å². The number of hydrogen-bond acceptors (Lipinski definition) is 2. The van der Waals surface area contributed by atoms with E-state index in [4.69, 9.17) is 0 Å². The van der Waals surface area contributed by atoms with Gasteiger partial charge in [-0.2, -0.15) is 0 Å². The summed E-state index contributed by atoms with van der Waals surface area (Å²) in [6.07, 6.45) is 8.23. The quantitative estimate of drug-likeness (QED) is 0.908. The van der Waals surface area contributed by atoms with E-state index in [9.17, 15) is 9.90 Å². The standard InChI is InChI=1S/C18H25NO2/c1-19(16-8-4-5-9-17(16)20)18(21)15-11-10-13-6-2-3-7-14(13)12-15/h10-12,16-17,20H,2-9H2,1H3/t16-,17-/m1/s1. The van der Waals surface area contributed by atoms with Gasteiger partial charge in [-0.15, -0.1) is 0 Å². The molecule has 1 aromatic carbocycles. The van der Waals surface area contributed by atoms with Crippen molar-refractivity contribution in [2.45, 2.75) is 63.5 Å². The molecule has 2 aliphatic rings. The Morgan fingerprint density at radius 2 is 1.81 bits per heavy atom. The van der Waals surface area contributed by atoms with Crippen molar-refractivity contribution < 1.29 is 9.90 Å². The fraction of sp³-hybridized carbons (Fsp3) is 0.611. The van der Waals surface area contributed by atoms with Crippen molar-refractivity contribution in [3.63, 3.8) is 0 Å². The maximum Gasteiger partial charge on any atom is 0.253 e. The fourth-order valence-electron chi connectivity index (χ4n) is 3.76. The van der Waals surface area contributed by atoms with Crippen LogP contribution in [-0.2, 0) is 12.8 Å². The highest BCUT2D eigenvalue weighted by Crippen LogP contribution is 2.26. The van der Waals surface area contributed by atoms with Crippen LogP contribution in [0.25, 0.3) is 0 Å². The van der Waals surface area contributed by atoms with Gasteiger partial charge in [0.2, 0.25) is 0 Å². The van der Waals surface area contributed by atoms with Gasteiger partial charge in [0.05, 0.1) is 12.1 Å². The molecule has 1 aromatic rings. The maximum atomic E-state index is 12.7. The maximum absolute atomic E-state index is 12.7. The second-order valence-corrected chi connectivity index (χ2v) is 6.53. The molecule has 1 amide bonds. The normalized spacial score (nSPS) is 25.2. The number of aliphatic hydroxyl groups is 1. The third-order valence-corrected chi connectivity index (χ3v) is 5.11. The molecule has 3 rings (SSSR count). The van der Waals surface area contributed by atoms with E-state index in [1.54, 1.807) is 4.90 Å². The zero-order valence-electron chi connectivity index (χ0n) is 12.8. The third-order valence-electron chi connectivity index (χ3n) is 5.11. The number of likely N-dealkylation sites (N-methyl/N-ethyl adjacent to an activating group) is 1. The highest BCUT2D eigenvalue weighted by molar-refractivity contribution is 5.94. The summed E-state index contributed by atoms with van der Waals surface area (Å²) in [5.74, 6) is 0.0503. The Morgan fingerprint density at radius 1 is 1.10 bits per heavy atom. The van der Waals surface area contributed by atoms with Gasteiger partial charge in [-0.05, 0) is 61.8 Å². The summed E-state index contributed by atoms with van der Waals surface area (Å²) in [7, 11) is 1.83. The minimum absolute atomic E-state index is 0.0257. The Hall–Kier alpha value is -1.35. The van der Waals surface area contributed by atoms with Gasteiger partial charge in [-0.25, -0.2) is 0 Å². The van der Waals surface area contributed by atoms with Gasteiger partial charge in [0.25, 0.3) is 5.91 Å². The highest BCUT2D eigenvalue weighted by Gasteiger charge is 2.30. The van der Waals surface area contributed by atoms with Crippen LogP contribution in [0.15, 0.2) is 18.2 Å². The predicted octanol–water partition coefficient (Wildman–Crippen LogP) is 2.94. The average molecular weight is 287 g/mol. The number of benzene rings is 1. The summed E-state index contributed by atoms with van der Waals surface area (Å²) in [5, 5.41) is 10.1. The molecule has 1 saturated carbocycles. The first-order valence-corrected chi connectivity index (χ1v) is 8.24. The van der Waals surface area contributed by atoms with Crippen molar-refractivity contribution >= 4 is 5.91 Å². The average Bonchev–Trinajstić information content (AvgIpc) is 2.53. The summed E-state index contributed by atoms with van der Waals surface area (Å²) in [5.41, 5.74) is 3.51. The van der Waals surface area contributed by atoms with E-state index in [1.807, 2.05) is 13.1 Å². The summed E-state index contributed by atoms with van der Waals surface area (Å²) in [6, 6.07) is 6.12. The van der Waals surface area contributed by atoms with Gasteiger partial charge >= 0.3 is 0 Å². The van der Waals surface area contributed by atoms with Crippen LogP contribution in [0.1, 0.15) is 60.0 Å². The molecule has 0 radical (unpaired) electrons. The van der Waals surface area contributed by atoms with Crippen molar-refractivity contribution in [2.24, 2.45) is 0 Å². The van der Waals surface area contributed by atoms with E-state index in [2.05, 4.69) is 12.1 Å². The van der Waals surface area contributed by atoms with Crippen LogP contribution >= 0.6 is 0 Å². The number of hydrogen-bond donors (Lipinski definition) is 1. The smallest absolute Gasteiger partial charge is 0.253 e. The second-order valence-electron chi connectivity index (χ2n) is 6.53. The lowest BCUT2D eigenvalue weighted by atomic mass is 9.89. The van der Waals surface area contributed by atoms with Crippen molar-refractivity contribution in [1.82, 2.24) is 4.90 Å². The topological polar surface area (TPSA) is 40.5 Å². The summed E-state index contributed by atoms with van der Waals surface area (Å²) < 4.78 is 0. The van der Waals surface area contributed by atoms with Crippen LogP contribution in [0.3, 0.4) is 0 Å². The molecule has 0 saturated heterocycles. The van der Waals surface area contributed by atoms with E-state index in [0.717, 1.165) is 44.1 Å². The van der Waals surface area contributed by atoms with Gasteiger partial charge in [0.15, 0.2) is 0 Å². The van der Waals surface area contributed by atoms with Gasteiger partial charge in [0.1, 0.15) is 0 Å². The first-order chi connectivity index (χ1) is 10.2. The monoisotopic (exact) mass is 287 g/mol. The number of nitrogens with zero attached hydrogens (tertiary/aromatic N) is 1. The summed E-state index contributed by atoms with van der Waals surface area (Å²) in [4.78, 5) is 14.4. The molecule has 2 aliphatic carbocycles. The molecule has 1 fully saturated rings. The molecule has 0 spiro atoms. The Balaban J connectivity index is 1.77. The van der Waals surface area contributed by atoms with Crippen LogP contribution in [0, 0.1) is 0 Å². The zero-order valence-corrected chi connectivity index (χ0v) is 12.8. The van der Waals surface area contributed by atoms with Crippen LogP contribution in [0.5, 0.6) is 0 Å². The molecule has 3 heteroatoms. The predicted molar refractivity (Wildman–Crippen MR) is 83.4 cm³/mol. The molecule has 0 heterocycles. The van der Waals surface area contributed by atoms with Crippen LogP contribution in [0.4, 0.5) is 0 Å². The molecule has 3 nitrogen and oxygen atoms in total. The van der Waals surface area contributed by atoms with E-state index in [0.29, 0.717) is 0 Å². The second kappa shape index (κ2) is 6.18. The zero-order chi connectivity index (χ0) is 14.8. The first-order valence-electron chi connectivity index (χ1n) is 8.24. The Kier molecular flexibility index (Phi) is 4.29. The molecule has 2 atom stereocenters. The lowest BCUT2D eigenvalue weighted by molar-refractivity contribution is 0.0268. The van der Waals surface area contributed by atoms with Crippen LogP contribution in [-0.4, -0.2) is 35.1 Å². The van der Waals surface area contributed by atoms with Crippen LogP contribution < -0.4 is 0 Å². The molecule has 114 valence electrons. The SMILES string of the molecule is CN(C(=O)c1ccc2c(c1)CCCC2)[C@@H]1CCCC[C@H]1O. The van der Waals surface area contributed by atoms with Gasteiger partial charge in [0, 0.05) is 12.6 Å². The number of fused-ring (bicyclic) bond motifs is 1. The first kappa shape index (κ1) is 14.6. The minimum atomic E-state index is -0.370. The highest BCUT2D eigenvalue weighted by atomic mass is 16.3. The molecular formula is C18H25NO2. The molecule has 0 aliphatic heterocycles. The Bertz CT molecular complexity index is 526. The van der Waals surface area contributed by atoms with Gasteiger partial charge in [-0.1, -0.05) is 18.9 Å². The van der Waals surface area contributed by atoms with Gasteiger partial charge < -0.3 is 10.0 Å². The molecule has 0 unspecified atom stereocenters. The molecule has 0 bridgehead atoms. The van der Waals surface area contributed by atoms with E-state index < -0.39 is 0 Å². The van der Waals surface area contributed by atoms with Crippen molar-refractivity contribution in [3.8, 4) is 0 Å². The molecule has 21 heavy (non-hydrogen) atoms. The third kappa shape index (κ3) is 2.98. The van der Waals surface area contributed by atoms with Gasteiger partial charge in [-0.3, -0.25) is 4.79 Å². The number of carbonyl (C=O) groups is 1. The largest absolute Gasteiger partial charge is 0.391 e. The van der Waals surface area contributed by atoms with E-state index in [-0.39, 0.29) is 18.1 Å².